The van der Waals surface area contributed by atoms with Gasteiger partial charge in [0.25, 0.3) is 11.8 Å². The summed E-state index contributed by atoms with van der Waals surface area (Å²) in [4.78, 5) is 25.8. The maximum absolute atomic E-state index is 12.7. The largest absolute Gasteiger partial charge is 0.496 e. The Kier molecular flexibility index (Phi) is 6.58. The van der Waals surface area contributed by atoms with Crippen molar-refractivity contribution < 1.29 is 14.3 Å². The van der Waals surface area contributed by atoms with Crippen molar-refractivity contribution in [3.05, 3.63) is 74.8 Å². The van der Waals surface area contributed by atoms with E-state index < -0.39 is 0 Å². The van der Waals surface area contributed by atoms with Crippen molar-refractivity contribution in [1.29, 1.82) is 0 Å². The molecule has 0 atom stereocenters. The number of anilines is 1. The number of hydrogen-bond acceptors (Lipinski definition) is 4. The summed E-state index contributed by atoms with van der Waals surface area (Å²) in [6.45, 7) is 2.76. The molecular weight excluding hydrogens is 428 g/mol. The van der Waals surface area contributed by atoms with Crippen LogP contribution in [-0.4, -0.2) is 24.2 Å². The maximum Gasteiger partial charge on any atom is 0.265 e. The second kappa shape index (κ2) is 9.10. The number of para-hydroxylation sites is 1. The number of carbonyl (C=O) groups is 2. The second-order valence-electron chi connectivity index (χ2n) is 5.86. The lowest BCUT2D eigenvalue weighted by Crippen LogP contribution is -2.25. The Balaban J connectivity index is 1.72. The van der Waals surface area contributed by atoms with Crippen LogP contribution in [0.1, 0.15) is 22.8 Å². The lowest BCUT2D eigenvalue weighted by atomic mass is 10.1. The zero-order valence-corrected chi connectivity index (χ0v) is 17.2. The highest BCUT2D eigenvalue weighted by atomic mass is 79.9. The van der Waals surface area contributed by atoms with Gasteiger partial charge in [-0.15, -0.1) is 11.8 Å². The molecule has 5 nitrogen and oxygen atoms in total. The third kappa shape index (κ3) is 4.93. The summed E-state index contributed by atoms with van der Waals surface area (Å²) in [5.74, 6) is 0.830. The molecule has 2 amide bonds. The summed E-state index contributed by atoms with van der Waals surface area (Å²) >= 11 is 4.93. The van der Waals surface area contributed by atoms with Crippen molar-refractivity contribution in [2.75, 3.05) is 17.7 Å². The molecule has 1 aliphatic rings. The summed E-state index contributed by atoms with van der Waals surface area (Å²) in [7, 11) is 0. The standard InChI is InChI=1S/C20H19BrN2O3S/c1-13-18(27-11-10-26-13)20(25)23-17-9-5-3-7-15(17)19(24)22-12-14-6-2-4-8-16(14)21/h2-9H,10-12H2,1H3,(H,22,24)(H,23,25). The number of hydrogen-bond donors (Lipinski definition) is 2. The zero-order chi connectivity index (χ0) is 19.2. The first-order valence-corrected chi connectivity index (χ1v) is 10.2. The summed E-state index contributed by atoms with van der Waals surface area (Å²) < 4.78 is 6.37. The number of carbonyl (C=O) groups excluding carboxylic acids is 2. The number of amides is 2. The van der Waals surface area contributed by atoms with Crippen molar-refractivity contribution >= 4 is 45.2 Å². The van der Waals surface area contributed by atoms with Crippen molar-refractivity contribution in [3.63, 3.8) is 0 Å². The minimum atomic E-state index is -0.261. The number of ether oxygens (including phenoxy) is 1. The number of nitrogens with one attached hydrogen (secondary N) is 2. The first-order chi connectivity index (χ1) is 13.1. The average Bonchev–Trinajstić information content (AvgIpc) is 2.68. The van der Waals surface area contributed by atoms with Crippen LogP contribution in [0.2, 0.25) is 0 Å². The molecule has 2 aromatic carbocycles. The van der Waals surface area contributed by atoms with E-state index in [1.165, 1.54) is 11.8 Å². The van der Waals surface area contributed by atoms with Gasteiger partial charge in [0, 0.05) is 16.8 Å². The second-order valence-corrected chi connectivity index (χ2v) is 7.82. The van der Waals surface area contributed by atoms with E-state index in [9.17, 15) is 9.59 Å². The van der Waals surface area contributed by atoms with Crippen molar-refractivity contribution in [3.8, 4) is 0 Å². The summed E-state index contributed by atoms with van der Waals surface area (Å²) in [6.07, 6.45) is 0. The number of thioether (sulfide) groups is 1. The van der Waals surface area contributed by atoms with E-state index in [2.05, 4.69) is 26.6 Å². The summed E-state index contributed by atoms with van der Waals surface area (Å²) in [5, 5.41) is 5.73. The third-order valence-corrected chi connectivity index (χ3v) is 5.90. The fourth-order valence-electron chi connectivity index (χ4n) is 2.61. The maximum atomic E-state index is 12.7. The van der Waals surface area contributed by atoms with Crippen LogP contribution in [0.4, 0.5) is 5.69 Å². The van der Waals surface area contributed by atoms with Crippen LogP contribution in [0, 0.1) is 0 Å². The van der Waals surface area contributed by atoms with Gasteiger partial charge in [-0.25, -0.2) is 0 Å². The Morgan fingerprint density at radius 1 is 1.11 bits per heavy atom. The van der Waals surface area contributed by atoms with E-state index in [1.54, 1.807) is 31.2 Å². The van der Waals surface area contributed by atoms with E-state index >= 15 is 0 Å². The number of rotatable bonds is 5. The predicted molar refractivity (Wildman–Crippen MR) is 111 cm³/mol. The highest BCUT2D eigenvalue weighted by Crippen LogP contribution is 2.27. The molecule has 0 fully saturated rings. The number of allylic oxidation sites excluding steroid dienone is 1. The van der Waals surface area contributed by atoms with Crippen molar-refractivity contribution in [2.45, 2.75) is 13.5 Å². The summed E-state index contributed by atoms with van der Waals surface area (Å²) in [5.41, 5.74) is 1.86. The molecule has 0 saturated carbocycles. The van der Waals surface area contributed by atoms with Gasteiger partial charge in [-0.1, -0.05) is 46.3 Å². The summed E-state index contributed by atoms with van der Waals surface area (Å²) in [6, 6.07) is 14.7. The molecule has 0 spiro atoms. The lowest BCUT2D eigenvalue weighted by molar-refractivity contribution is -0.112. The van der Waals surface area contributed by atoms with Crippen LogP contribution in [0.15, 0.2) is 63.7 Å². The number of halogens is 1. The normalized spacial score (nSPS) is 13.7. The van der Waals surface area contributed by atoms with Gasteiger partial charge in [0.1, 0.15) is 10.7 Å². The molecule has 0 aromatic heterocycles. The smallest absolute Gasteiger partial charge is 0.265 e. The molecule has 27 heavy (non-hydrogen) atoms. The highest BCUT2D eigenvalue weighted by molar-refractivity contribution is 9.10. The molecule has 3 rings (SSSR count). The minimum absolute atomic E-state index is 0.250. The molecule has 0 saturated heterocycles. The topological polar surface area (TPSA) is 67.4 Å². The minimum Gasteiger partial charge on any atom is -0.496 e. The lowest BCUT2D eigenvalue weighted by Gasteiger charge is -2.18. The van der Waals surface area contributed by atoms with Crippen LogP contribution in [-0.2, 0) is 16.1 Å². The van der Waals surface area contributed by atoms with E-state index in [-0.39, 0.29) is 11.8 Å². The van der Waals surface area contributed by atoms with Gasteiger partial charge < -0.3 is 15.4 Å². The van der Waals surface area contributed by atoms with Crippen LogP contribution in [0.25, 0.3) is 0 Å². The molecule has 1 heterocycles. The van der Waals surface area contributed by atoms with E-state index in [0.717, 1.165) is 15.8 Å². The molecule has 0 bridgehead atoms. The van der Waals surface area contributed by atoms with Crippen LogP contribution >= 0.6 is 27.7 Å². The fourth-order valence-corrected chi connectivity index (χ4v) is 3.85. The Bertz CT molecular complexity index is 898. The molecular formula is C20H19BrN2O3S. The van der Waals surface area contributed by atoms with Gasteiger partial charge in [-0.2, -0.15) is 0 Å². The molecule has 2 N–H and O–H groups in total. The first-order valence-electron chi connectivity index (χ1n) is 8.44. The van der Waals surface area contributed by atoms with Crippen LogP contribution in [0.3, 0.4) is 0 Å². The molecule has 2 aromatic rings. The van der Waals surface area contributed by atoms with Gasteiger partial charge in [-0.3, -0.25) is 9.59 Å². The van der Waals surface area contributed by atoms with Gasteiger partial charge in [0.15, 0.2) is 0 Å². The molecule has 140 valence electrons. The van der Waals surface area contributed by atoms with Crippen molar-refractivity contribution in [2.24, 2.45) is 0 Å². The SMILES string of the molecule is CC1=C(C(=O)Nc2ccccc2C(=O)NCc2ccccc2Br)SCCO1. The molecule has 1 aliphatic heterocycles. The Labute approximate surface area is 170 Å². The average molecular weight is 447 g/mol. The molecule has 0 radical (unpaired) electrons. The monoisotopic (exact) mass is 446 g/mol. The molecule has 7 heteroatoms. The van der Waals surface area contributed by atoms with Gasteiger partial charge in [-0.05, 0) is 30.7 Å². The Hall–Kier alpha value is -2.25. The van der Waals surface area contributed by atoms with Crippen LogP contribution in [0.5, 0.6) is 0 Å². The first kappa shape index (κ1) is 19.5. The predicted octanol–water partition coefficient (Wildman–Crippen LogP) is 4.31. The third-order valence-electron chi connectivity index (χ3n) is 3.99. The van der Waals surface area contributed by atoms with Gasteiger partial charge in [0.2, 0.25) is 0 Å². The van der Waals surface area contributed by atoms with Crippen molar-refractivity contribution in [1.82, 2.24) is 5.32 Å². The van der Waals surface area contributed by atoms with Gasteiger partial charge in [0.05, 0.1) is 17.9 Å². The molecule has 0 unspecified atom stereocenters. The van der Waals surface area contributed by atoms with E-state index in [1.807, 2.05) is 24.3 Å². The Morgan fingerprint density at radius 2 is 1.85 bits per heavy atom. The molecule has 0 aliphatic carbocycles. The number of benzene rings is 2. The van der Waals surface area contributed by atoms with Crippen LogP contribution < -0.4 is 10.6 Å². The fraction of sp³-hybridized carbons (Fsp3) is 0.200. The van der Waals surface area contributed by atoms with E-state index in [0.29, 0.717) is 35.1 Å². The highest BCUT2D eigenvalue weighted by Gasteiger charge is 2.21. The Morgan fingerprint density at radius 3 is 2.63 bits per heavy atom. The van der Waals surface area contributed by atoms with Gasteiger partial charge >= 0.3 is 0 Å². The zero-order valence-electron chi connectivity index (χ0n) is 14.8. The quantitative estimate of drug-likeness (QED) is 0.717. The van der Waals surface area contributed by atoms with E-state index in [4.69, 9.17) is 4.74 Å².